The monoisotopic (exact) mass is 307 g/mol. The molecule has 0 aromatic rings. The van der Waals surface area contributed by atoms with Gasteiger partial charge in [0.15, 0.2) is 6.61 Å². The number of hydrogen-bond donors (Lipinski definition) is 1. The molecule has 4 nitrogen and oxygen atoms in total. The van der Waals surface area contributed by atoms with Crippen molar-refractivity contribution >= 4 is 11.9 Å². The SMILES string of the molecule is O=C(COC(=O)CCC1CCCCC1)NC(C1CC1)C1CC1. The van der Waals surface area contributed by atoms with Crippen LogP contribution in [0.3, 0.4) is 0 Å². The maximum absolute atomic E-state index is 11.9. The fraction of sp³-hybridized carbons (Fsp3) is 0.889. The van der Waals surface area contributed by atoms with Crippen LogP contribution in [0.25, 0.3) is 0 Å². The summed E-state index contributed by atoms with van der Waals surface area (Å²) < 4.78 is 5.15. The first kappa shape index (κ1) is 15.8. The molecule has 0 aromatic carbocycles. The fourth-order valence-electron chi connectivity index (χ4n) is 3.77. The van der Waals surface area contributed by atoms with Crippen LogP contribution in [0.2, 0.25) is 0 Å². The number of hydrogen-bond acceptors (Lipinski definition) is 3. The van der Waals surface area contributed by atoms with E-state index in [0.717, 1.165) is 6.42 Å². The molecule has 0 saturated heterocycles. The van der Waals surface area contributed by atoms with Crippen molar-refractivity contribution in [3.8, 4) is 0 Å². The minimum atomic E-state index is -0.213. The van der Waals surface area contributed by atoms with Crippen molar-refractivity contribution < 1.29 is 14.3 Å². The Balaban J connectivity index is 1.29. The number of esters is 1. The van der Waals surface area contributed by atoms with Gasteiger partial charge in [-0.15, -0.1) is 0 Å². The molecule has 0 aliphatic heterocycles. The molecule has 4 heteroatoms. The van der Waals surface area contributed by atoms with E-state index in [1.54, 1.807) is 0 Å². The molecule has 3 saturated carbocycles. The van der Waals surface area contributed by atoms with Gasteiger partial charge in [0.05, 0.1) is 0 Å². The van der Waals surface area contributed by atoms with Gasteiger partial charge in [0.2, 0.25) is 0 Å². The Kier molecular flexibility index (Phi) is 5.37. The van der Waals surface area contributed by atoms with E-state index in [-0.39, 0.29) is 18.5 Å². The summed E-state index contributed by atoms with van der Waals surface area (Å²) in [6.07, 6.45) is 12.8. The molecule has 3 aliphatic rings. The molecule has 0 radical (unpaired) electrons. The van der Waals surface area contributed by atoms with Gasteiger partial charge in [0, 0.05) is 12.5 Å². The molecule has 3 aliphatic carbocycles. The molecular formula is C18H29NO3. The van der Waals surface area contributed by atoms with Crippen LogP contribution in [0, 0.1) is 17.8 Å². The number of nitrogens with one attached hydrogen (secondary N) is 1. The van der Waals surface area contributed by atoms with Crippen LogP contribution in [0.5, 0.6) is 0 Å². The average Bonchev–Trinajstić information content (AvgIpc) is 3.41. The van der Waals surface area contributed by atoms with E-state index >= 15 is 0 Å². The molecule has 3 rings (SSSR count). The zero-order valence-corrected chi connectivity index (χ0v) is 13.5. The van der Waals surface area contributed by atoms with Crippen LogP contribution in [0.4, 0.5) is 0 Å². The van der Waals surface area contributed by atoms with Gasteiger partial charge in [0.25, 0.3) is 5.91 Å². The van der Waals surface area contributed by atoms with Crippen molar-refractivity contribution in [2.75, 3.05) is 6.61 Å². The van der Waals surface area contributed by atoms with Crippen molar-refractivity contribution in [1.29, 1.82) is 0 Å². The Hall–Kier alpha value is -1.06. The molecule has 0 spiro atoms. The van der Waals surface area contributed by atoms with Crippen LogP contribution in [0.1, 0.15) is 70.6 Å². The third-order valence-electron chi connectivity index (χ3n) is 5.43. The van der Waals surface area contributed by atoms with Crippen LogP contribution in [-0.4, -0.2) is 24.5 Å². The van der Waals surface area contributed by atoms with Gasteiger partial charge in [-0.25, -0.2) is 0 Å². The molecule has 22 heavy (non-hydrogen) atoms. The van der Waals surface area contributed by atoms with Crippen LogP contribution in [0.15, 0.2) is 0 Å². The summed E-state index contributed by atoms with van der Waals surface area (Å²) in [4.78, 5) is 23.7. The Bertz CT molecular complexity index is 383. The summed E-state index contributed by atoms with van der Waals surface area (Å²) in [5.74, 6) is 1.71. The van der Waals surface area contributed by atoms with Gasteiger partial charge in [-0.05, 0) is 49.9 Å². The molecule has 0 unspecified atom stereocenters. The minimum absolute atomic E-state index is 0.0978. The largest absolute Gasteiger partial charge is 0.456 e. The lowest BCUT2D eigenvalue weighted by Gasteiger charge is -2.21. The first-order valence-corrected chi connectivity index (χ1v) is 9.17. The highest BCUT2D eigenvalue weighted by Gasteiger charge is 2.42. The highest BCUT2D eigenvalue weighted by Crippen LogP contribution is 2.44. The number of carbonyl (C=O) groups excluding carboxylic acids is 2. The zero-order valence-electron chi connectivity index (χ0n) is 13.5. The van der Waals surface area contributed by atoms with E-state index in [0.29, 0.717) is 30.2 Å². The smallest absolute Gasteiger partial charge is 0.306 e. The van der Waals surface area contributed by atoms with Gasteiger partial charge in [-0.1, -0.05) is 32.1 Å². The average molecular weight is 307 g/mol. The summed E-state index contributed by atoms with van der Waals surface area (Å²) in [5.41, 5.74) is 0. The van der Waals surface area contributed by atoms with Crippen molar-refractivity contribution in [2.24, 2.45) is 17.8 Å². The van der Waals surface area contributed by atoms with E-state index in [2.05, 4.69) is 5.32 Å². The summed E-state index contributed by atoms with van der Waals surface area (Å²) in [5, 5.41) is 3.09. The first-order valence-electron chi connectivity index (χ1n) is 9.17. The van der Waals surface area contributed by atoms with E-state index in [1.165, 1.54) is 57.8 Å². The molecule has 0 aromatic heterocycles. The number of carbonyl (C=O) groups is 2. The molecule has 3 fully saturated rings. The molecule has 0 heterocycles. The Labute approximate surface area is 133 Å². The Morgan fingerprint density at radius 3 is 2.18 bits per heavy atom. The highest BCUT2D eigenvalue weighted by molar-refractivity contribution is 5.80. The topological polar surface area (TPSA) is 55.4 Å². The summed E-state index contributed by atoms with van der Waals surface area (Å²) in [6, 6.07) is 0.341. The third kappa shape index (κ3) is 4.99. The lowest BCUT2D eigenvalue weighted by molar-refractivity contribution is -0.149. The second kappa shape index (κ2) is 7.47. The quantitative estimate of drug-likeness (QED) is 0.701. The van der Waals surface area contributed by atoms with Crippen LogP contribution in [-0.2, 0) is 14.3 Å². The second-order valence-electron chi connectivity index (χ2n) is 7.47. The second-order valence-corrected chi connectivity index (χ2v) is 7.47. The maximum Gasteiger partial charge on any atom is 0.306 e. The van der Waals surface area contributed by atoms with Gasteiger partial charge in [-0.3, -0.25) is 9.59 Å². The Morgan fingerprint density at radius 1 is 0.955 bits per heavy atom. The van der Waals surface area contributed by atoms with Crippen molar-refractivity contribution in [3.63, 3.8) is 0 Å². The van der Waals surface area contributed by atoms with Gasteiger partial charge in [0.1, 0.15) is 0 Å². The third-order valence-corrected chi connectivity index (χ3v) is 5.43. The van der Waals surface area contributed by atoms with E-state index in [1.807, 2.05) is 0 Å². The fourth-order valence-corrected chi connectivity index (χ4v) is 3.77. The lowest BCUT2D eigenvalue weighted by Crippen LogP contribution is -2.40. The predicted molar refractivity (Wildman–Crippen MR) is 84.1 cm³/mol. The summed E-state index contributed by atoms with van der Waals surface area (Å²) >= 11 is 0. The van der Waals surface area contributed by atoms with Crippen molar-refractivity contribution in [2.45, 2.75) is 76.7 Å². The van der Waals surface area contributed by atoms with E-state index in [9.17, 15) is 9.59 Å². The van der Waals surface area contributed by atoms with E-state index in [4.69, 9.17) is 4.74 Å². The van der Waals surface area contributed by atoms with Crippen LogP contribution >= 0.6 is 0 Å². The summed E-state index contributed by atoms with van der Waals surface area (Å²) in [6.45, 7) is -0.0978. The maximum atomic E-state index is 11.9. The van der Waals surface area contributed by atoms with Crippen molar-refractivity contribution in [3.05, 3.63) is 0 Å². The van der Waals surface area contributed by atoms with Gasteiger partial charge < -0.3 is 10.1 Å². The van der Waals surface area contributed by atoms with E-state index < -0.39 is 0 Å². The predicted octanol–water partition coefficient (Wildman–Crippen LogP) is 3.19. The molecule has 1 amide bonds. The van der Waals surface area contributed by atoms with Gasteiger partial charge >= 0.3 is 5.97 Å². The number of rotatable bonds is 8. The molecule has 0 bridgehead atoms. The number of amides is 1. The van der Waals surface area contributed by atoms with Gasteiger partial charge in [-0.2, -0.15) is 0 Å². The standard InChI is InChI=1S/C18H29NO3/c20-16(19-18(14-7-8-14)15-9-10-15)12-22-17(21)11-6-13-4-2-1-3-5-13/h13-15,18H,1-12H2,(H,19,20). The zero-order chi connectivity index (χ0) is 15.4. The molecule has 0 atom stereocenters. The van der Waals surface area contributed by atoms with Crippen molar-refractivity contribution in [1.82, 2.24) is 5.32 Å². The summed E-state index contributed by atoms with van der Waals surface area (Å²) in [7, 11) is 0. The molecule has 124 valence electrons. The minimum Gasteiger partial charge on any atom is -0.456 e. The first-order chi connectivity index (χ1) is 10.7. The molecular weight excluding hydrogens is 278 g/mol. The van der Waals surface area contributed by atoms with Crippen LogP contribution < -0.4 is 5.32 Å². The number of ether oxygens (including phenoxy) is 1. The lowest BCUT2D eigenvalue weighted by atomic mass is 9.86. The Morgan fingerprint density at radius 2 is 1.59 bits per heavy atom. The highest BCUT2D eigenvalue weighted by atomic mass is 16.5. The normalized spacial score (nSPS) is 22.6. The molecule has 1 N–H and O–H groups in total.